The largest absolute Gasteiger partial charge is 0.462 e. The molecule has 1 aliphatic carbocycles. The summed E-state index contributed by atoms with van der Waals surface area (Å²) in [5, 5.41) is 12.3. The molecule has 0 saturated heterocycles. The number of aliphatic imine (C=N–C) groups is 1. The number of esters is 1. The molecular formula is C20H25N3O5S. The highest BCUT2D eigenvalue weighted by Crippen LogP contribution is 2.32. The molecule has 1 fully saturated rings. The number of hydrogen-bond acceptors (Lipinski definition) is 7. The number of hydrogen-bond donors (Lipinski definition) is 0. The first-order chi connectivity index (χ1) is 13.9. The first-order valence-electron chi connectivity index (χ1n) is 9.92. The van der Waals surface area contributed by atoms with Gasteiger partial charge in [0, 0.05) is 29.0 Å². The van der Waals surface area contributed by atoms with Gasteiger partial charge < -0.3 is 4.74 Å². The lowest BCUT2D eigenvalue weighted by molar-refractivity contribution is -0.384. The standard InChI is InChI=1S/C20H25N3O5S/c1-3-28-19(25)15-9-14(10-17(11-15)23(26)27)18(24)22(16-7-5-4-6-8-16)20-21-12-13(2)29-20/h9-11,13,16H,3-8,12H2,1-2H3. The van der Waals surface area contributed by atoms with Crippen LogP contribution in [-0.2, 0) is 4.74 Å². The summed E-state index contributed by atoms with van der Waals surface area (Å²) >= 11 is 1.55. The molecule has 1 aromatic carbocycles. The zero-order chi connectivity index (χ0) is 21.0. The van der Waals surface area contributed by atoms with Gasteiger partial charge >= 0.3 is 5.97 Å². The number of amidine groups is 1. The van der Waals surface area contributed by atoms with E-state index in [4.69, 9.17) is 4.74 Å². The van der Waals surface area contributed by atoms with Gasteiger partial charge in [-0.05, 0) is 25.8 Å². The zero-order valence-corrected chi connectivity index (χ0v) is 17.4. The molecule has 1 aromatic rings. The second kappa shape index (κ2) is 9.39. The Kier molecular flexibility index (Phi) is 6.89. The van der Waals surface area contributed by atoms with E-state index in [9.17, 15) is 19.7 Å². The molecule has 1 unspecified atom stereocenters. The summed E-state index contributed by atoms with van der Waals surface area (Å²) < 4.78 is 4.97. The van der Waals surface area contributed by atoms with Crippen LogP contribution in [0.5, 0.6) is 0 Å². The molecule has 2 aliphatic rings. The van der Waals surface area contributed by atoms with Crippen molar-refractivity contribution in [2.24, 2.45) is 4.99 Å². The van der Waals surface area contributed by atoms with Gasteiger partial charge in [0.25, 0.3) is 11.6 Å². The number of ether oxygens (including phenoxy) is 1. The fraction of sp³-hybridized carbons (Fsp3) is 0.550. The zero-order valence-electron chi connectivity index (χ0n) is 16.6. The molecule has 0 aromatic heterocycles. The molecule has 0 bridgehead atoms. The van der Waals surface area contributed by atoms with Crippen LogP contribution < -0.4 is 0 Å². The van der Waals surface area contributed by atoms with Crippen LogP contribution in [0.3, 0.4) is 0 Å². The maximum absolute atomic E-state index is 13.5. The Labute approximate surface area is 173 Å². The quantitative estimate of drug-likeness (QED) is 0.405. The summed E-state index contributed by atoms with van der Waals surface area (Å²) in [6.07, 6.45) is 4.95. The summed E-state index contributed by atoms with van der Waals surface area (Å²) in [7, 11) is 0. The van der Waals surface area contributed by atoms with Gasteiger partial charge in [-0.25, -0.2) is 4.79 Å². The highest BCUT2D eigenvalue weighted by Gasteiger charge is 2.34. The number of nitro benzene ring substituents is 1. The van der Waals surface area contributed by atoms with Crippen molar-refractivity contribution in [1.82, 2.24) is 4.90 Å². The third-order valence-corrected chi connectivity index (χ3v) is 6.13. The van der Waals surface area contributed by atoms with E-state index < -0.39 is 10.9 Å². The average Bonchev–Trinajstić information content (AvgIpc) is 3.14. The SMILES string of the molecule is CCOC(=O)c1cc(C(=O)N(C2=NCC(C)S2)C2CCCCC2)cc([N+](=O)[O-])c1. The van der Waals surface area contributed by atoms with Crippen LogP contribution in [0.25, 0.3) is 0 Å². The molecule has 156 valence electrons. The Hall–Kier alpha value is -2.42. The van der Waals surface area contributed by atoms with Crippen molar-refractivity contribution in [3.05, 3.63) is 39.4 Å². The first kappa shape index (κ1) is 21.3. The summed E-state index contributed by atoms with van der Waals surface area (Å²) in [6, 6.07) is 3.76. The molecule has 1 atom stereocenters. The fourth-order valence-electron chi connectivity index (χ4n) is 3.65. The monoisotopic (exact) mass is 419 g/mol. The maximum Gasteiger partial charge on any atom is 0.338 e. The van der Waals surface area contributed by atoms with Gasteiger partial charge in [0.1, 0.15) is 0 Å². The number of amides is 1. The summed E-state index contributed by atoms with van der Waals surface area (Å²) in [5.41, 5.74) is -0.199. The second-order valence-corrected chi connectivity index (χ2v) is 8.67. The minimum atomic E-state index is -0.685. The van der Waals surface area contributed by atoms with Crippen molar-refractivity contribution in [3.8, 4) is 0 Å². The Morgan fingerprint density at radius 2 is 1.93 bits per heavy atom. The molecule has 0 spiro atoms. The number of thioether (sulfide) groups is 1. The summed E-state index contributed by atoms with van der Waals surface area (Å²) in [4.78, 5) is 42.7. The van der Waals surface area contributed by atoms with Crippen molar-refractivity contribution in [1.29, 1.82) is 0 Å². The minimum Gasteiger partial charge on any atom is -0.462 e. The van der Waals surface area contributed by atoms with Gasteiger partial charge in [0.2, 0.25) is 0 Å². The molecule has 0 N–H and O–H groups in total. The number of carbonyl (C=O) groups excluding carboxylic acids is 2. The highest BCUT2D eigenvalue weighted by atomic mass is 32.2. The second-order valence-electron chi connectivity index (χ2n) is 7.26. The van der Waals surface area contributed by atoms with Crippen LogP contribution in [0, 0.1) is 10.1 Å². The Morgan fingerprint density at radius 1 is 1.24 bits per heavy atom. The number of carbonyl (C=O) groups is 2. The predicted molar refractivity (Wildman–Crippen MR) is 111 cm³/mol. The van der Waals surface area contributed by atoms with Crippen molar-refractivity contribution in [2.45, 2.75) is 57.2 Å². The molecule has 1 amide bonds. The lowest BCUT2D eigenvalue weighted by Crippen LogP contribution is -2.44. The van der Waals surface area contributed by atoms with Crippen LogP contribution in [0.2, 0.25) is 0 Å². The van der Waals surface area contributed by atoms with Crippen LogP contribution in [-0.4, -0.2) is 51.3 Å². The smallest absolute Gasteiger partial charge is 0.338 e. The van der Waals surface area contributed by atoms with Crippen LogP contribution in [0.1, 0.15) is 66.7 Å². The maximum atomic E-state index is 13.5. The van der Waals surface area contributed by atoms with Gasteiger partial charge in [0.15, 0.2) is 5.17 Å². The van der Waals surface area contributed by atoms with E-state index in [1.165, 1.54) is 12.1 Å². The van der Waals surface area contributed by atoms with Gasteiger partial charge in [0.05, 0.1) is 23.6 Å². The van der Waals surface area contributed by atoms with Crippen molar-refractivity contribution in [3.63, 3.8) is 0 Å². The molecule has 0 radical (unpaired) electrons. The lowest BCUT2D eigenvalue weighted by Gasteiger charge is -2.34. The molecule has 9 heteroatoms. The number of nitro groups is 1. The van der Waals surface area contributed by atoms with Crippen molar-refractivity contribution in [2.75, 3.05) is 13.2 Å². The van der Waals surface area contributed by atoms with E-state index >= 15 is 0 Å². The minimum absolute atomic E-state index is 0.00220. The number of nitrogens with zero attached hydrogens (tertiary/aromatic N) is 3. The van der Waals surface area contributed by atoms with E-state index in [0.29, 0.717) is 11.7 Å². The number of rotatable bonds is 5. The Bertz CT molecular complexity index is 835. The Balaban J connectivity index is 1.99. The number of non-ortho nitro benzene ring substituents is 1. The normalized spacial score (nSPS) is 19.5. The van der Waals surface area contributed by atoms with E-state index in [0.717, 1.165) is 38.2 Å². The number of benzene rings is 1. The summed E-state index contributed by atoms with van der Waals surface area (Å²) in [5.74, 6) is -1.04. The molecule has 8 nitrogen and oxygen atoms in total. The van der Waals surface area contributed by atoms with Crippen LogP contribution >= 0.6 is 11.8 Å². The molecule has 29 heavy (non-hydrogen) atoms. The molecule has 1 heterocycles. The van der Waals surface area contributed by atoms with Crippen LogP contribution in [0.4, 0.5) is 5.69 Å². The molecule has 1 aliphatic heterocycles. The van der Waals surface area contributed by atoms with Gasteiger partial charge in [-0.2, -0.15) is 0 Å². The Morgan fingerprint density at radius 3 is 2.52 bits per heavy atom. The van der Waals surface area contributed by atoms with E-state index in [1.807, 2.05) is 0 Å². The molecule has 1 saturated carbocycles. The predicted octanol–water partition coefficient (Wildman–Crippen LogP) is 4.04. The van der Waals surface area contributed by atoms with Crippen molar-refractivity contribution >= 4 is 34.5 Å². The van der Waals surface area contributed by atoms with Crippen molar-refractivity contribution < 1.29 is 19.2 Å². The third kappa shape index (κ3) is 4.95. The summed E-state index contributed by atoms with van der Waals surface area (Å²) in [6.45, 7) is 4.49. The van der Waals surface area contributed by atoms with Gasteiger partial charge in [-0.3, -0.25) is 24.8 Å². The highest BCUT2D eigenvalue weighted by molar-refractivity contribution is 8.14. The fourth-order valence-corrected chi connectivity index (χ4v) is 4.66. The topological polar surface area (TPSA) is 102 Å². The average molecular weight is 420 g/mol. The van der Waals surface area contributed by atoms with Crippen LogP contribution in [0.15, 0.2) is 23.2 Å². The van der Waals surface area contributed by atoms with Gasteiger partial charge in [-0.1, -0.05) is 37.9 Å². The molecular weight excluding hydrogens is 394 g/mol. The molecule has 3 rings (SSSR count). The van der Waals surface area contributed by atoms with E-state index in [2.05, 4.69) is 11.9 Å². The lowest BCUT2D eigenvalue weighted by atomic mass is 9.94. The first-order valence-corrected chi connectivity index (χ1v) is 10.8. The third-order valence-electron chi connectivity index (χ3n) is 5.04. The van der Waals surface area contributed by atoms with E-state index in [-0.39, 0.29) is 40.6 Å². The van der Waals surface area contributed by atoms with Gasteiger partial charge in [-0.15, -0.1) is 0 Å². The van der Waals surface area contributed by atoms with E-state index in [1.54, 1.807) is 23.6 Å².